The zero-order valence-electron chi connectivity index (χ0n) is 11.1. The summed E-state index contributed by atoms with van der Waals surface area (Å²) in [5.74, 6) is 1.18. The normalized spacial score (nSPS) is 10.2. The van der Waals surface area contributed by atoms with E-state index in [4.69, 9.17) is 15.7 Å². The van der Waals surface area contributed by atoms with Crippen molar-refractivity contribution >= 4 is 5.82 Å². The fourth-order valence-corrected chi connectivity index (χ4v) is 1.89. The second-order valence-corrected chi connectivity index (χ2v) is 4.01. The number of nitriles is 1. The average Bonchev–Trinajstić information content (AvgIpc) is 2.76. The Balaban J connectivity index is 2.42. The largest absolute Gasteiger partial charge is 0.494 e. The van der Waals surface area contributed by atoms with Gasteiger partial charge in [0.2, 0.25) is 0 Å². The van der Waals surface area contributed by atoms with Crippen LogP contribution in [0.15, 0.2) is 24.3 Å². The zero-order valence-corrected chi connectivity index (χ0v) is 11.1. The predicted molar refractivity (Wildman–Crippen MR) is 73.2 cm³/mol. The first-order chi connectivity index (χ1) is 9.21. The van der Waals surface area contributed by atoms with Crippen LogP contribution in [0.5, 0.6) is 5.75 Å². The van der Waals surface area contributed by atoms with Gasteiger partial charge in [-0.05, 0) is 37.6 Å². The molecule has 0 aliphatic rings. The van der Waals surface area contributed by atoms with E-state index in [0.29, 0.717) is 30.1 Å². The van der Waals surface area contributed by atoms with Crippen molar-refractivity contribution in [1.29, 1.82) is 5.26 Å². The predicted octanol–water partition coefficient (Wildman–Crippen LogP) is 2.29. The molecule has 0 amide bonds. The van der Waals surface area contributed by atoms with Crippen LogP contribution in [-0.4, -0.2) is 16.4 Å². The number of rotatable bonds is 4. The molecule has 2 aromatic rings. The lowest BCUT2D eigenvalue weighted by atomic mass is 10.2. The fraction of sp³-hybridized carbons (Fsp3) is 0.286. The lowest BCUT2D eigenvalue weighted by Crippen LogP contribution is -2.02. The monoisotopic (exact) mass is 256 g/mol. The highest BCUT2D eigenvalue weighted by Crippen LogP contribution is 2.22. The number of hydrogen-bond acceptors (Lipinski definition) is 4. The van der Waals surface area contributed by atoms with Crippen LogP contribution in [0.25, 0.3) is 5.69 Å². The molecule has 1 aromatic heterocycles. The fourth-order valence-electron chi connectivity index (χ4n) is 1.89. The molecule has 0 fully saturated rings. The molecule has 0 saturated heterocycles. The first-order valence-corrected chi connectivity index (χ1v) is 6.22. The Hall–Kier alpha value is -2.48. The molecule has 0 atom stereocenters. The maximum absolute atomic E-state index is 9.10. The first kappa shape index (κ1) is 13.0. The molecule has 0 radical (unpaired) electrons. The van der Waals surface area contributed by atoms with Gasteiger partial charge in [-0.1, -0.05) is 6.92 Å². The third-order valence-electron chi connectivity index (χ3n) is 2.83. The number of benzene rings is 1. The van der Waals surface area contributed by atoms with Crippen LogP contribution >= 0.6 is 0 Å². The van der Waals surface area contributed by atoms with Gasteiger partial charge >= 0.3 is 0 Å². The number of aryl methyl sites for hydroxylation is 1. The van der Waals surface area contributed by atoms with Crippen LogP contribution < -0.4 is 10.5 Å². The quantitative estimate of drug-likeness (QED) is 0.910. The van der Waals surface area contributed by atoms with E-state index >= 15 is 0 Å². The molecule has 2 rings (SSSR count). The highest BCUT2D eigenvalue weighted by atomic mass is 16.5. The number of nitrogens with two attached hydrogens (primary N) is 1. The van der Waals surface area contributed by atoms with E-state index < -0.39 is 0 Å². The van der Waals surface area contributed by atoms with Crippen LogP contribution in [0.4, 0.5) is 5.82 Å². The summed E-state index contributed by atoms with van der Waals surface area (Å²) in [4.78, 5) is 0. The SMILES string of the molecule is CCOc1ccc(-n2nc(CC)c(C#N)c2N)cc1. The highest BCUT2D eigenvalue weighted by Gasteiger charge is 2.14. The van der Waals surface area contributed by atoms with E-state index in [1.165, 1.54) is 0 Å². The molecule has 1 aromatic carbocycles. The Labute approximate surface area is 112 Å². The van der Waals surface area contributed by atoms with Crippen molar-refractivity contribution in [2.75, 3.05) is 12.3 Å². The number of aromatic nitrogens is 2. The van der Waals surface area contributed by atoms with Gasteiger partial charge in [-0.3, -0.25) is 0 Å². The summed E-state index contributed by atoms with van der Waals surface area (Å²) < 4.78 is 6.98. The van der Waals surface area contributed by atoms with Crippen molar-refractivity contribution in [3.8, 4) is 17.5 Å². The summed E-state index contributed by atoms with van der Waals surface area (Å²) in [5, 5.41) is 13.5. The van der Waals surface area contributed by atoms with E-state index in [1.54, 1.807) is 4.68 Å². The second-order valence-electron chi connectivity index (χ2n) is 4.01. The van der Waals surface area contributed by atoms with Crippen LogP contribution in [0.3, 0.4) is 0 Å². The van der Waals surface area contributed by atoms with Gasteiger partial charge in [0.25, 0.3) is 0 Å². The van der Waals surface area contributed by atoms with Crippen LogP contribution in [0, 0.1) is 11.3 Å². The zero-order chi connectivity index (χ0) is 13.8. The lowest BCUT2D eigenvalue weighted by Gasteiger charge is -2.06. The van der Waals surface area contributed by atoms with Gasteiger partial charge in [-0.15, -0.1) is 0 Å². The number of hydrogen-bond donors (Lipinski definition) is 1. The summed E-state index contributed by atoms with van der Waals surface area (Å²) in [6.45, 7) is 4.51. The lowest BCUT2D eigenvalue weighted by molar-refractivity contribution is 0.340. The van der Waals surface area contributed by atoms with Crippen molar-refractivity contribution in [1.82, 2.24) is 9.78 Å². The summed E-state index contributed by atoms with van der Waals surface area (Å²) >= 11 is 0. The van der Waals surface area contributed by atoms with Crippen LogP contribution in [-0.2, 0) is 6.42 Å². The Kier molecular flexibility index (Phi) is 3.71. The maximum Gasteiger partial charge on any atom is 0.145 e. The van der Waals surface area contributed by atoms with Gasteiger partial charge in [-0.2, -0.15) is 10.4 Å². The van der Waals surface area contributed by atoms with Crippen molar-refractivity contribution in [2.24, 2.45) is 0 Å². The Morgan fingerprint density at radius 2 is 2.00 bits per heavy atom. The molecule has 5 heteroatoms. The van der Waals surface area contributed by atoms with Crippen LogP contribution in [0.1, 0.15) is 25.1 Å². The van der Waals surface area contributed by atoms with Gasteiger partial charge in [0.1, 0.15) is 23.2 Å². The Morgan fingerprint density at radius 1 is 1.32 bits per heavy atom. The minimum Gasteiger partial charge on any atom is -0.494 e. The minimum absolute atomic E-state index is 0.378. The van der Waals surface area contributed by atoms with Crippen molar-refractivity contribution in [3.05, 3.63) is 35.5 Å². The molecular weight excluding hydrogens is 240 g/mol. The van der Waals surface area contributed by atoms with E-state index in [1.807, 2.05) is 38.1 Å². The topological polar surface area (TPSA) is 76.9 Å². The standard InChI is InChI=1S/C14H16N4O/c1-3-13-12(9-15)14(16)18(17-13)10-5-7-11(8-6-10)19-4-2/h5-8H,3-4,16H2,1-2H3. The van der Waals surface area contributed by atoms with Gasteiger partial charge in [0.05, 0.1) is 18.0 Å². The number of nitrogen functional groups attached to an aromatic ring is 1. The molecule has 98 valence electrons. The van der Waals surface area contributed by atoms with Gasteiger partial charge in [0.15, 0.2) is 0 Å². The molecule has 19 heavy (non-hydrogen) atoms. The van der Waals surface area contributed by atoms with Gasteiger partial charge in [0, 0.05) is 0 Å². The number of anilines is 1. The molecule has 0 saturated carbocycles. The van der Waals surface area contributed by atoms with E-state index in [2.05, 4.69) is 11.2 Å². The summed E-state index contributed by atoms with van der Waals surface area (Å²) in [5.41, 5.74) is 7.95. The highest BCUT2D eigenvalue weighted by molar-refractivity contribution is 5.56. The van der Waals surface area contributed by atoms with Gasteiger partial charge < -0.3 is 10.5 Å². The first-order valence-electron chi connectivity index (χ1n) is 6.22. The Bertz CT molecular complexity index is 608. The average molecular weight is 256 g/mol. The summed E-state index contributed by atoms with van der Waals surface area (Å²) in [6.07, 6.45) is 0.678. The minimum atomic E-state index is 0.378. The molecular formula is C14H16N4O. The van der Waals surface area contributed by atoms with E-state index in [0.717, 1.165) is 11.4 Å². The smallest absolute Gasteiger partial charge is 0.145 e. The summed E-state index contributed by atoms with van der Waals surface area (Å²) in [6, 6.07) is 9.56. The van der Waals surface area contributed by atoms with E-state index in [9.17, 15) is 0 Å². The molecule has 0 aliphatic heterocycles. The molecule has 0 aliphatic carbocycles. The molecule has 0 bridgehead atoms. The second kappa shape index (κ2) is 5.44. The van der Waals surface area contributed by atoms with Crippen molar-refractivity contribution < 1.29 is 4.74 Å². The van der Waals surface area contributed by atoms with Gasteiger partial charge in [-0.25, -0.2) is 4.68 Å². The Morgan fingerprint density at radius 3 is 2.47 bits per heavy atom. The number of ether oxygens (including phenoxy) is 1. The maximum atomic E-state index is 9.10. The molecule has 5 nitrogen and oxygen atoms in total. The number of nitrogens with zero attached hydrogens (tertiary/aromatic N) is 3. The van der Waals surface area contributed by atoms with E-state index in [-0.39, 0.29) is 0 Å². The van der Waals surface area contributed by atoms with Crippen molar-refractivity contribution in [2.45, 2.75) is 20.3 Å². The molecule has 1 heterocycles. The third-order valence-corrected chi connectivity index (χ3v) is 2.83. The summed E-state index contributed by atoms with van der Waals surface area (Å²) in [7, 11) is 0. The van der Waals surface area contributed by atoms with Crippen molar-refractivity contribution in [3.63, 3.8) is 0 Å². The molecule has 0 spiro atoms. The van der Waals surface area contributed by atoms with Crippen LogP contribution in [0.2, 0.25) is 0 Å². The molecule has 0 unspecified atom stereocenters. The third kappa shape index (κ3) is 2.38. The molecule has 2 N–H and O–H groups in total.